The zero-order valence-electron chi connectivity index (χ0n) is 5.81. The molecule has 0 saturated heterocycles. The van der Waals surface area contributed by atoms with Crippen LogP contribution in [0.5, 0.6) is 0 Å². The van der Waals surface area contributed by atoms with E-state index in [1.807, 2.05) is 13.8 Å². The molecular formula is C5H7N5. The van der Waals surface area contributed by atoms with Crippen LogP contribution in [0.4, 0.5) is 0 Å². The fourth-order valence-electron chi connectivity index (χ4n) is 0.489. The number of nitriles is 1. The topological polar surface area (TPSA) is 67.4 Å². The summed E-state index contributed by atoms with van der Waals surface area (Å²) in [6.07, 6.45) is 0. The van der Waals surface area contributed by atoms with E-state index in [2.05, 4.69) is 15.4 Å². The Balaban J connectivity index is 2.91. The van der Waals surface area contributed by atoms with Crippen molar-refractivity contribution in [2.45, 2.75) is 19.9 Å². The van der Waals surface area contributed by atoms with Crippen molar-refractivity contribution < 1.29 is 0 Å². The number of hydrogen-bond acceptors (Lipinski definition) is 4. The van der Waals surface area contributed by atoms with Gasteiger partial charge in [0, 0.05) is 0 Å². The van der Waals surface area contributed by atoms with Gasteiger partial charge in [-0.3, -0.25) is 0 Å². The van der Waals surface area contributed by atoms with Crippen LogP contribution in [0.2, 0.25) is 0 Å². The Morgan fingerprint density at radius 2 is 2.30 bits per heavy atom. The summed E-state index contributed by atoms with van der Waals surface area (Å²) < 4.78 is 0. The van der Waals surface area contributed by atoms with E-state index < -0.39 is 0 Å². The van der Waals surface area contributed by atoms with E-state index in [0.29, 0.717) is 0 Å². The second-order valence-electron chi connectivity index (χ2n) is 2.14. The van der Waals surface area contributed by atoms with E-state index in [1.165, 1.54) is 4.80 Å². The molecule has 5 heteroatoms. The normalized spacial score (nSPS) is 9.80. The molecule has 0 aromatic carbocycles. The summed E-state index contributed by atoms with van der Waals surface area (Å²) in [5.74, 6) is 0.119. The largest absolute Gasteiger partial charge is 0.273 e. The quantitative estimate of drug-likeness (QED) is 0.551. The van der Waals surface area contributed by atoms with Crippen LogP contribution in [0, 0.1) is 11.3 Å². The van der Waals surface area contributed by atoms with Crippen LogP contribution in [0.1, 0.15) is 25.7 Å². The van der Waals surface area contributed by atoms with Crippen LogP contribution < -0.4 is 0 Å². The molecule has 5 nitrogen and oxygen atoms in total. The number of tetrazole rings is 1. The first-order valence-corrected chi connectivity index (χ1v) is 2.93. The lowest BCUT2D eigenvalue weighted by Gasteiger charge is -1.97. The van der Waals surface area contributed by atoms with Gasteiger partial charge >= 0.3 is 0 Å². The highest BCUT2D eigenvalue weighted by Crippen LogP contribution is 1.96. The molecule has 0 atom stereocenters. The van der Waals surface area contributed by atoms with Gasteiger partial charge in [0.15, 0.2) is 0 Å². The fraction of sp³-hybridized carbons (Fsp3) is 0.600. The number of aromatic nitrogens is 4. The van der Waals surface area contributed by atoms with Crippen molar-refractivity contribution in [3.05, 3.63) is 5.82 Å². The molecule has 0 aliphatic rings. The van der Waals surface area contributed by atoms with Gasteiger partial charge in [0.2, 0.25) is 0 Å². The molecule has 1 aromatic heterocycles. The minimum atomic E-state index is 0.119. The summed E-state index contributed by atoms with van der Waals surface area (Å²) in [5, 5.41) is 19.2. The summed E-state index contributed by atoms with van der Waals surface area (Å²) in [5.41, 5.74) is 0. The van der Waals surface area contributed by atoms with Gasteiger partial charge in [-0.05, 0) is 19.1 Å². The van der Waals surface area contributed by atoms with Crippen LogP contribution in [-0.2, 0) is 0 Å². The Bertz CT molecular complexity index is 255. The highest BCUT2D eigenvalue weighted by molar-refractivity contribution is 5.03. The third-order valence-electron chi connectivity index (χ3n) is 0.990. The summed E-state index contributed by atoms with van der Waals surface area (Å²) in [4.78, 5) is 1.40. The third-order valence-corrected chi connectivity index (χ3v) is 0.990. The molecule has 0 aliphatic carbocycles. The molecular weight excluding hydrogens is 130 g/mol. The van der Waals surface area contributed by atoms with Gasteiger partial charge in [-0.15, -0.1) is 5.10 Å². The molecule has 1 aromatic rings. The van der Waals surface area contributed by atoms with Crippen LogP contribution in [0.15, 0.2) is 0 Å². The van der Waals surface area contributed by atoms with E-state index in [0.717, 1.165) is 0 Å². The summed E-state index contributed by atoms with van der Waals surface area (Å²) in [6, 6.07) is 1.96. The van der Waals surface area contributed by atoms with Crippen LogP contribution >= 0.6 is 0 Å². The summed E-state index contributed by atoms with van der Waals surface area (Å²) >= 11 is 0. The van der Waals surface area contributed by atoms with E-state index in [4.69, 9.17) is 5.26 Å². The Morgan fingerprint density at radius 3 is 2.60 bits per heavy atom. The smallest absolute Gasteiger partial charge is 0.189 e. The van der Waals surface area contributed by atoms with Gasteiger partial charge in [-0.1, -0.05) is 5.10 Å². The Morgan fingerprint density at radius 1 is 1.60 bits per heavy atom. The minimum absolute atomic E-state index is 0.119. The number of nitrogens with zero attached hydrogens (tertiary/aromatic N) is 5. The van der Waals surface area contributed by atoms with E-state index in [1.54, 1.807) is 6.07 Å². The van der Waals surface area contributed by atoms with Crippen LogP contribution in [0.3, 0.4) is 0 Å². The van der Waals surface area contributed by atoms with Gasteiger partial charge in [0.1, 0.15) is 6.07 Å². The monoisotopic (exact) mass is 137 g/mol. The van der Waals surface area contributed by atoms with Crippen molar-refractivity contribution >= 4 is 0 Å². The molecule has 0 saturated carbocycles. The first-order valence-electron chi connectivity index (χ1n) is 2.93. The summed E-state index contributed by atoms with van der Waals surface area (Å²) in [7, 11) is 0. The second kappa shape index (κ2) is 2.43. The predicted molar refractivity (Wildman–Crippen MR) is 32.9 cm³/mol. The standard InChI is InChI=1S/C5H7N5/c1-4(2)10-8-5(3-6)7-9-10/h4H,1-2H3. The van der Waals surface area contributed by atoms with Crippen LogP contribution in [0.25, 0.3) is 0 Å². The van der Waals surface area contributed by atoms with Crippen molar-refractivity contribution in [3.63, 3.8) is 0 Å². The van der Waals surface area contributed by atoms with Gasteiger partial charge in [0.05, 0.1) is 6.04 Å². The van der Waals surface area contributed by atoms with Gasteiger partial charge < -0.3 is 0 Å². The van der Waals surface area contributed by atoms with Crippen molar-refractivity contribution in [1.82, 2.24) is 20.2 Å². The molecule has 0 aliphatic heterocycles. The molecule has 0 amide bonds. The van der Waals surface area contributed by atoms with Crippen molar-refractivity contribution in [1.29, 1.82) is 5.26 Å². The molecule has 0 unspecified atom stereocenters. The molecule has 0 fully saturated rings. The molecule has 0 spiro atoms. The lowest BCUT2D eigenvalue weighted by atomic mass is 10.4. The molecule has 10 heavy (non-hydrogen) atoms. The molecule has 0 radical (unpaired) electrons. The average molecular weight is 137 g/mol. The second-order valence-corrected chi connectivity index (χ2v) is 2.14. The van der Waals surface area contributed by atoms with E-state index >= 15 is 0 Å². The minimum Gasteiger partial charge on any atom is -0.189 e. The van der Waals surface area contributed by atoms with Gasteiger partial charge in [0.25, 0.3) is 5.82 Å². The zero-order valence-corrected chi connectivity index (χ0v) is 5.81. The first-order chi connectivity index (χ1) is 4.74. The van der Waals surface area contributed by atoms with Crippen molar-refractivity contribution in [2.24, 2.45) is 0 Å². The van der Waals surface area contributed by atoms with E-state index in [9.17, 15) is 0 Å². The lowest BCUT2D eigenvalue weighted by molar-refractivity contribution is 0.454. The maximum Gasteiger partial charge on any atom is 0.273 e. The van der Waals surface area contributed by atoms with E-state index in [-0.39, 0.29) is 11.9 Å². The van der Waals surface area contributed by atoms with Gasteiger partial charge in [-0.2, -0.15) is 10.1 Å². The maximum absolute atomic E-state index is 8.30. The Hall–Kier alpha value is -1.44. The van der Waals surface area contributed by atoms with Crippen molar-refractivity contribution in [3.8, 4) is 6.07 Å². The lowest BCUT2D eigenvalue weighted by Crippen LogP contribution is -2.04. The molecule has 0 bridgehead atoms. The average Bonchev–Trinajstić information content (AvgIpc) is 2.34. The number of hydrogen-bond donors (Lipinski definition) is 0. The first kappa shape index (κ1) is 6.68. The highest BCUT2D eigenvalue weighted by Gasteiger charge is 2.02. The molecule has 1 rings (SSSR count). The SMILES string of the molecule is CC(C)n1nnc(C#N)n1. The fourth-order valence-corrected chi connectivity index (χ4v) is 0.489. The number of rotatable bonds is 1. The van der Waals surface area contributed by atoms with Crippen molar-refractivity contribution in [2.75, 3.05) is 0 Å². The van der Waals surface area contributed by atoms with Gasteiger partial charge in [-0.25, -0.2) is 0 Å². The predicted octanol–water partition coefficient (Wildman–Crippen LogP) is 0.126. The highest BCUT2D eigenvalue weighted by atomic mass is 15.6. The zero-order chi connectivity index (χ0) is 7.56. The Kier molecular flexibility index (Phi) is 1.63. The molecule has 0 N–H and O–H groups in total. The van der Waals surface area contributed by atoms with Crippen LogP contribution in [-0.4, -0.2) is 20.2 Å². The Labute approximate surface area is 58.3 Å². The molecule has 52 valence electrons. The molecule has 1 heterocycles. The maximum atomic E-state index is 8.30. The summed E-state index contributed by atoms with van der Waals surface area (Å²) in [6.45, 7) is 3.84. The third kappa shape index (κ3) is 1.10.